The van der Waals surface area contributed by atoms with E-state index in [0.29, 0.717) is 25.3 Å². The first kappa shape index (κ1) is 13.4. The van der Waals surface area contributed by atoms with Crippen LogP contribution in [0.3, 0.4) is 0 Å². The van der Waals surface area contributed by atoms with Crippen LogP contribution in [0, 0.1) is 5.92 Å². The van der Waals surface area contributed by atoms with Gasteiger partial charge in [-0.2, -0.15) is 0 Å². The number of benzene rings is 1. The Hall–Kier alpha value is -2.04. The highest BCUT2D eigenvalue weighted by molar-refractivity contribution is 6.09. The van der Waals surface area contributed by atoms with E-state index in [1.807, 2.05) is 25.1 Å². The molecule has 102 valence electrons. The van der Waals surface area contributed by atoms with Crippen LogP contribution < -0.4 is 15.0 Å². The molecule has 1 N–H and O–H groups in total. The lowest BCUT2D eigenvalue weighted by Crippen LogP contribution is -2.36. The van der Waals surface area contributed by atoms with Crippen LogP contribution in [0.1, 0.15) is 13.3 Å². The van der Waals surface area contributed by atoms with E-state index in [2.05, 4.69) is 5.32 Å². The fraction of sp³-hybridized carbons (Fsp3) is 0.429. The van der Waals surface area contributed by atoms with Crippen molar-refractivity contribution >= 4 is 17.5 Å². The quantitative estimate of drug-likeness (QED) is 0.829. The number of amides is 2. The molecule has 1 heterocycles. The zero-order chi connectivity index (χ0) is 13.8. The smallest absolute Gasteiger partial charge is 0.239 e. The highest BCUT2D eigenvalue weighted by Crippen LogP contribution is 2.27. The van der Waals surface area contributed by atoms with Gasteiger partial charge in [-0.15, -0.1) is 0 Å². The van der Waals surface area contributed by atoms with E-state index in [-0.39, 0.29) is 11.8 Å². The molecule has 0 bridgehead atoms. The first-order chi connectivity index (χ1) is 9.17. The maximum absolute atomic E-state index is 12.2. The van der Waals surface area contributed by atoms with Gasteiger partial charge >= 0.3 is 0 Å². The van der Waals surface area contributed by atoms with Gasteiger partial charge in [0.2, 0.25) is 11.8 Å². The van der Waals surface area contributed by atoms with Gasteiger partial charge in [0.1, 0.15) is 11.7 Å². The van der Waals surface area contributed by atoms with E-state index in [0.717, 1.165) is 5.69 Å². The van der Waals surface area contributed by atoms with E-state index in [4.69, 9.17) is 4.74 Å². The third-order valence-corrected chi connectivity index (χ3v) is 3.24. The minimum atomic E-state index is -0.564. The molecular formula is C14H18N2O3. The van der Waals surface area contributed by atoms with Crippen LogP contribution in [-0.4, -0.2) is 32.0 Å². The van der Waals surface area contributed by atoms with Crippen LogP contribution in [0.2, 0.25) is 0 Å². The second-order valence-corrected chi connectivity index (χ2v) is 4.43. The van der Waals surface area contributed by atoms with Gasteiger partial charge in [0.05, 0.1) is 7.11 Å². The van der Waals surface area contributed by atoms with E-state index >= 15 is 0 Å². The molecule has 1 atom stereocenters. The number of nitrogens with zero attached hydrogens (tertiary/aromatic N) is 1. The molecule has 0 aromatic heterocycles. The number of nitrogens with one attached hydrogen (secondary N) is 1. The summed E-state index contributed by atoms with van der Waals surface area (Å²) in [5, 5.41) is 2.70. The van der Waals surface area contributed by atoms with Crippen molar-refractivity contribution in [1.82, 2.24) is 5.32 Å². The topological polar surface area (TPSA) is 58.6 Å². The fourth-order valence-corrected chi connectivity index (χ4v) is 2.26. The maximum Gasteiger partial charge on any atom is 0.239 e. The normalized spacial score (nSPS) is 18.5. The Morgan fingerprint density at radius 2 is 2.32 bits per heavy atom. The summed E-state index contributed by atoms with van der Waals surface area (Å²) in [6.07, 6.45) is 0.557. The third kappa shape index (κ3) is 2.70. The van der Waals surface area contributed by atoms with Crippen molar-refractivity contribution in [3.05, 3.63) is 24.3 Å². The SMILES string of the molecule is CCNC(=O)C1CCN(c2cccc(OC)c2)C1=O. The molecule has 0 saturated carbocycles. The molecule has 1 unspecified atom stereocenters. The number of ether oxygens (including phenoxy) is 1. The van der Waals surface area contributed by atoms with Gasteiger partial charge in [0.15, 0.2) is 0 Å². The summed E-state index contributed by atoms with van der Waals surface area (Å²) in [5.41, 5.74) is 0.774. The molecule has 1 fully saturated rings. The molecule has 5 nitrogen and oxygen atoms in total. The van der Waals surface area contributed by atoms with Gasteiger partial charge in [-0.05, 0) is 25.5 Å². The fourth-order valence-electron chi connectivity index (χ4n) is 2.26. The largest absolute Gasteiger partial charge is 0.497 e. The van der Waals surface area contributed by atoms with Crippen molar-refractivity contribution in [2.75, 3.05) is 25.1 Å². The highest BCUT2D eigenvalue weighted by atomic mass is 16.5. The zero-order valence-electron chi connectivity index (χ0n) is 11.2. The standard InChI is InChI=1S/C14H18N2O3/c1-3-15-13(17)12-7-8-16(14(12)18)10-5-4-6-11(9-10)19-2/h4-6,9,12H,3,7-8H2,1-2H3,(H,15,17). The van der Waals surface area contributed by atoms with Crippen LogP contribution in [0.15, 0.2) is 24.3 Å². The van der Waals surface area contributed by atoms with Crippen LogP contribution in [0.25, 0.3) is 0 Å². The lowest BCUT2D eigenvalue weighted by Gasteiger charge is -2.17. The lowest BCUT2D eigenvalue weighted by atomic mass is 10.1. The number of carbonyl (C=O) groups excluding carboxylic acids is 2. The summed E-state index contributed by atoms with van der Waals surface area (Å²) >= 11 is 0. The van der Waals surface area contributed by atoms with Crippen LogP contribution >= 0.6 is 0 Å². The summed E-state index contributed by atoms with van der Waals surface area (Å²) in [6.45, 7) is 2.95. The molecule has 1 saturated heterocycles. The summed E-state index contributed by atoms with van der Waals surface area (Å²) in [7, 11) is 1.59. The molecule has 19 heavy (non-hydrogen) atoms. The maximum atomic E-state index is 12.2. The van der Waals surface area contributed by atoms with Gasteiger partial charge in [-0.1, -0.05) is 6.07 Å². The predicted octanol–water partition coefficient (Wildman–Crippen LogP) is 1.18. The second-order valence-electron chi connectivity index (χ2n) is 4.43. The van der Waals surface area contributed by atoms with Crippen molar-refractivity contribution in [3.63, 3.8) is 0 Å². The highest BCUT2D eigenvalue weighted by Gasteiger charge is 2.37. The molecule has 2 rings (SSSR count). The first-order valence-electron chi connectivity index (χ1n) is 6.40. The molecule has 5 heteroatoms. The van der Waals surface area contributed by atoms with E-state index in [9.17, 15) is 9.59 Å². The Morgan fingerprint density at radius 3 is 3.00 bits per heavy atom. The average molecular weight is 262 g/mol. The molecule has 0 aliphatic carbocycles. The van der Waals surface area contributed by atoms with Gasteiger partial charge in [-0.3, -0.25) is 9.59 Å². The van der Waals surface area contributed by atoms with Crippen molar-refractivity contribution in [2.45, 2.75) is 13.3 Å². The minimum absolute atomic E-state index is 0.140. The van der Waals surface area contributed by atoms with Crippen molar-refractivity contribution in [2.24, 2.45) is 5.92 Å². The van der Waals surface area contributed by atoms with Crippen molar-refractivity contribution < 1.29 is 14.3 Å². The Bertz CT molecular complexity index is 487. The van der Waals surface area contributed by atoms with Crippen LogP contribution in [0.5, 0.6) is 5.75 Å². The Morgan fingerprint density at radius 1 is 1.53 bits per heavy atom. The molecule has 2 amide bonds. The number of hydrogen-bond donors (Lipinski definition) is 1. The Balaban J connectivity index is 2.15. The summed E-state index contributed by atoms with van der Waals surface area (Å²) in [4.78, 5) is 25.7. The van der Waals surface area contributed by atoms with Gasteiger partial charge in [0.25, 0.3) is 0 Å². The molecular weight excluding hydrogens is 244 g/mol. The lowest BCUT2D eigenvalue weighted by molar-refractivity contribution is -0.132. The Kier molecular flexibility index (Phi) is 4.04. The van der Waals surface area contributed by atoms with E-state index in [1.165, 1.54) is 0 Å². The molecule has 1 aliphatic rings. The number of rotatable bonds is 4. The Labute approximate surface area is 112 Å². The summed E-state index contributed by atoms with van der Waals surface area (Å²) in [6, 6.07) is 7.31. The number of carbonyl (C=O) groups is 2. The molecule has 0 spiro atoms. The van der Waals surface area contributed by atoms with Crippen LogP contribution in [-0.2, 0) is 9.59 Å². The third-order valence-electron chi connectivity index (χ3n) is 3.24. The minimum Gasteiger partial charge on any atom is -0.497 e. The summed E-state index contributed by atoms with van der Waals surface area (Å²) < 4.78 is 5.15. The average Bonchev–Trinajstić information content (AvgIpc) is 2.81. The first-order valence-corrected chi connectivity index (χ1v) is 6.40. The molecule has 1 aliphatic heterocycles. The van der Waals surface area contributed by atoms with Gasteiger partial charge in [0, 0.05) is 24.8 Å². The summed E-state index contributed by atoms with van der Waals surface area (Å²) in [5.74, 6) is -0.185. The number of methoxy groups -OCH3 is 1. The van der Waals surface area contributed by atoms with Crippen molar-refractivity contribution in [1.29, 1.82) is 0 Å². The van der Waals surface area contributed by atoms with Crippen LogP contribution in [0.4, 0.5) is 5.69 Å². The van der Waals surface area contributed by atoms with Gasteiger partial charge < -0.3 is 15.0 Å². The monoisotopic (exact) mass is 262 g/mol. The van der Waals surface area contributed by atoms with Gasteiger partial charge in [-0.25, -0.2) is 0 Å². The second kappa shape index (κ2) is 5.73. The molecule has 1 aromatic rings. The van der Waals surface area contributed by atoms with E-state index < -0.39 is 5.92 Å². The molecule has 0 radical (unpaired) electrons. The number of hydrogen-bond acceptors (Lipinski definition) is 3. The molecule has 1 aromatic carbocycles. The van der Waals surface area contributed by atoms with E-state index in [1.54, 1.807) is 18.1 Å². The zero-order valence-corrected chi connectivity index (χ0v) is 11.2. The van der Waals surface area contributed by atoms with Crippen molar-refractivity contribution in [3.8, 4) is 5.75 Å². The number of anilines is 1. The predicted molar refractivity (Wildman–Crippen MR) is 72.1 cm³/mol.